The average molecular weight is 416 g/mol. The van der Waals surface area contributed by atoms with E-state index >= 15 is 0 Å². The zero-order valence-electron chi connectivity index (χ0n) is 16.9. The summed E-state index contributed by atoms with van der Waals surface area (Å²) in [5.41, 5.74) is -1.51. The minimum absolute atomic E-state index is 0.147. The normalized spacial score (nSPS) is 18.0. The van der Waals surface area contributed by atoms with Crippen molar-refractivity contribution in [3.63, 3.8) is 0 Å². The van der Waals surface area contributed by atoms with E-state index in [-0.39, 0.29) is 22.8 Å². The Labute approximate surface area is 172 Å². The lowest BCUT2D eigenvalue weighted by molar-refractivity contribution is -0.137. The Morgan fingerprint density at radius 2 is 1.43 bits per heavy atom. The van der Waals surface area contributed by atoms with Gasteiger partial charge in [-0.25, -0.2) is 0 Å². The number of hydrogen-bond acceptors (Lipinski definition) is 5. The smallest absolute Gasteiger partial charge is 0.416 e. The van der Waals surface area contributed by atoms with Crippen LogP contribution in [-0.4, -0.2) is 28.5 Å². The van der Waals surface area contributed by atoms with E-state index in [0.29, 0.717) is 5.56 Å². The van der Waals surface area contributed by atoms with Crippen molar-refractivity contribution in [1.82, 2.24) is 10.2 Å². The molecule has 2 aromatic carbocycles. The van der Waals surface area contributed by atoms with Gasteiger partial charge in [-0.2, -0.15) is 13.2 Å². The van der Waals surface area contributed by atoms with E-state index in [9.17, 15) is 13.2 Å². The van der Waals surface area contributed by atoms with Crippen molar-refractivity contribution >= 4 is 12.6 Å². The molecule has 0 spiro atoms. The Hall–Kier alpha value is -2.65. The molecule has 0 amide bonds. The number of benzene rings is 2. The highest BCUT2D eigenvalue weighted by Gasteiger charge is 2.52. The third-order valence-corrected chi connectivity index (χ3v) is 5.55. The summed E-state index contributed by atoms with van der Waals surface area (Å²) >= 11 is 0. The minimum Gasteiger partial charge on any atom is -0.416 e. The Bertz CT molecular complexity index is 1050. The summed E-state index contributed by atoms with van der Waals surface area (Å²) < 4.78 is 58.9. The molecule has 156 valence electrons. The third-order valence-electron chi connectivity index (χ3n) is 5.55. The fourth-order valence-corrected chi connectivity index (χ4v) is 3.14. The van der Waals surface area contributed by atoms with E-state index < -0.39 is 30.1 Å². The lowest BCUT2D eigenvalue weighted by Gasteiger charge is -2.32. The summed E-state index contributed by atoms with van der Waals surface area (Å²) in [5, 5.41) is 7.72. The van der Waals surface area contributed by atoms with Gasteiger partial charge in [0.2, 0.25) is 11.8 Å². The molecule has 0 N–H and O–H groups in total. The van der Waals surface area contributed by atoms with Gasteiger partial charge in [-0.15, -0.1) is 10.2 Å². The first-order chi connectivity index (χ1) is 14.0. The van der Waals surface area contributed by atoms with Crippen LogP contribution in [0.25, 0.3) is 22.9 Å². The van der Waals surface area contributed by atoms with Crippen LogP contribution in [0.3, 0.4) is 0 Å². The van der Waals surface area contributed by atoms with Crippen LogP contribution in [0.2, 0.25) is 0 Å². The maximum atomic E-state index is 13.9. The van der Waals surface area contributed by atoms with Crippen LogP contribution in [0.5, 0.6) is 0 Å². The fourth-order valence-electron chi connectivity index (χ4n) is 3.14. The first-order valence-corrected chi connectivity index (χ1v) is 9.44. The van der Waals surface area contributed by atoms with Crippen LogP contribution in [0.15, 0.2) is 52.9 Å². The standard InChI is InChI=1S/C21H20BF3N2O3/c1-19(2)20(3,4)30-22(29-19)14-10-11-15(16(12-14)21(23,24)25)18-27-26-17(28-18)13-8-6-5-7-9-13/h5-12H,1-4H3. The van der Waals surface area contributed by atoms with Crippen molar-refractivity contribution < 1.29 is 26.9 Å². The highest BCUT2D eigenvalue weighted by molar-refractivity contribution is 6.62. The number of halogens is 3. The predicted molar refractivity (Wildman–Crippen MR) is 106 cm³/mol. The lowest BCUT2D eigenvalue weighted by atomic mass is 9.77. The van der Waals surface area contributed by atoms with E-state index in [1.807, 2.05) is 33.8 Å². The van der Waals surface area contributed by atoms with E-state index in [1.165, 1.54) is 12.1 Å². The molecule has 0 saturated carbocycles. The highest BCUT2D eigenvalue weighted by atomic mass is 19.4. The van der Waals surface area contributed by atoms with Crippen molar-refractivity contribution in [2.24, 2.45) is 0 Å². The Morgan fingerprint density at radius 3 is 2.03 bits per heavy atom. The molecular weight excluding hydrogens is 396 g/mol. The van der Waals surface area contributed by atoms with E-state index in [2.05, 4.69) is 10.2 Å². The number of hydrogen-bond donors (Lipinski definition) is 0. The summed E-state index contributed by atoms with van der Waals surface area (Å²) in [6.07, 6.45) is -4.63. The number of alkyl halides is 3. The van der Waals surface area contributed by atoms with E-state index in [1.54, 1.807) is 24.3 Å². The molecule has 1 aliphatic rings. The van der Waals surface area contributed by atoms with Gasteiger partial charge in [0.25, 0.3) is 0 Å². The maximum absolute atomic E-state index is 13.9. The van der Waals surface area contributed by atoms with Gasteiger partial charge >= 0.3 is 13.3 Å². The molecule has 1 aromatic heterocycles. The third kappa shape index (κ3) is 3.63. The van der Waals surface area contributed by atoms with Crippen LogP contribution in [0.1, 0.15) is 33.3 Å². The molecule has 30 heavy (non-hydrogen) atoms. The molecule has 0 radical (unpaired) electrons. The number of rotatable bonds is 3. The van der Waals surface area contributed by atoms with E-state index in [4.69, 9.17) is 13.7 Å². The van der Waals surface area contributed by atoms with Gasteiger partial charge in [-0.1, -0.05) is 24.3 Å². The summed E-state index contributed by atoms with van der Waals surface area (Å²) in [7, 11) is -0.910. The van der Waals surface area contributed by atoms with Gasteiger partial charge in [-0.3, -0.25) is 0 Å². The van der Waals surface area contributed by atoms with Crippen molar-refractivity contribution in [3.05, 3.63) is 54.1 Å². The Balaban J connectivity index is 1.73. The van der Waals surface area contributed by atoms with Gasteiger partial charge in [0.15, 0.2) is 0 Å². The lowest BCUT2D eigenvalue weighted by Crippen LogP contribution is -2.41. The van der Waals surface area contributed by atoms with Gasteiger partial charge in [0, 0.05) is 5.56 Å². The molecule has 0 aliphatic carbocycles. The summed E-state index contributed by atoms with van der Waals surface area (Å²) in [4.78, 5) is 0. The van der Waals surface area contributed by atoms with Crippen molar-refractivity contribution in [2.75, 3.05) is 0 Å². The minimum atomic E-state index is -4.63. The highest BCUT2D eigenvalue weighted by Crippen LogP contribution is 2.39. The van der Waals surface area contributed by atoms with Crippen LogP contribution in [0.4, 0.5) is 13.2 Å². The molecule has 5 nitrogen and oxygen atoms in total. The zero-order chi connectivity index (χ0) is 21.7. The molecule has 1 fully saturated rings. The van der Waals surface area contributed by atoms with Gasteiger partial charge in [0.1, 0.15) is 0 Å². The second-order valence-corrected chi connectivity index (χ2v) is 8.17. The van der Waals surface area contributed by atoms with Crippen molar-refractivity contribution in [2.45, 2.75) is 45.1 Å². The molecule has 1 saturated heterocycles. The molecule has 1 aliphatic heterocycles. The second kappa shape index (κ2) is 6.96. The Morgan fingerprint density at radius 1 is 0.833 bits per heavy atom. The van der Waals surface area contributed by atoms with Crippen LogP contribution >= 0.6 is 0 Å². The van der Waals surface area contributed by atoms with Crippen LogP contribution in [-0.2, 0) is 15.5 Å². The SMILES string of the molecule is CC1(C)OB(c2ccc(-c3nnc(-c4ccccc4)o3)c(C(F)(F)F)c2)OC1(C)C. The zero-order valence-corrected chi connectivity index (χ0v) is 16.9. The number of nitrogens with zero attached hydrogens (tertiary/aromatic N) is 2. The molecule has 3 aromatic rings. The van der Waals surface area contributed by atoms with Crippen molar-refractivity contribution in [1.29, 1.82) is 0 Å². The first-order valence-electron chi connectivity index (χ1n) is 9.44. The average Bonchev–Trinajstić information content (AvgIpc) is 3.24. The summed E-state index contributed by atoms with van der Waals surface area (Å²) in [5.74, 6) is -0.0598. The quantitative estimate of drug-likeness (QED) is 0.579. The molecule has 2 heterocycles. The summed E-state index contributed by atoms with van der Waals surface area (Å²) in [6, 6.07) is 12.7. The van der Waals surface area contributed by atoms with Gasteiger partial charge in [-0.05, 0) is 57.4 Å². The molecule has 0 bridgehead atoms. The predicted octanol–water partition coefficient (Wildman–Crippen LogP) is 4.72. The van der Waals surface area contributed by atoms with Crippen LogP contribution in [0, 0.1) is 0 Å². The van der Waals surface area contributed by atoms with Gasteiger partial charge < -0.3 is 13.7 Å². The molecule has 9 heteroatoms. The monoisotopic (exact) mass is 416 g/mol. The molecular formula is C21H20BF3N2O3. The maximum Gasteiger partial charge on any atom is 0.494 e. The summed E-state index contributed by atoms with van der Waals surface area (Å²) in [6.45, 7) is 7.37. The van der Waals surface area contributed by atoms with Gasteiger partial charge in [0.05, 0.1) is 22.3 Å². The fraction of sp³-hybridized carbons (Fsp3) is 0.333. The molecule has 0 atom stereocenters. The number of aromatic nitrogens is 2. The van der Waals surface area contributed by atoms with Crippen molar-refractivity contribution in [3.8, 4) is 22.9 Å². The van der Waals surface area contributed by atoms with Crippen LogP contribution < -0.4 is 5.46 Å². The molecule has 4 rings (SSSR count). The first kappa shape index (κ1) is 20.6. The second-order valence-electron chi connectivity index (χ2n) is 8.17. The topological polar surface area (TPSA) is 57.4 Å². The Kier molecular flexibility index (Phi) is 4.78. The van der Waals surface area contributed by atoms with E-state index in [0.717, 1.165) is 6.07 Å². The molecule has 0 unspecified atom stereocenters. The largest absolute Gasteiger partial charge is 0.494 e.